The molecule has 3 nitrogen and oxygen atoms in total. The largest absolute Gasteiger partial charge is 0.378 e. The lowest BCUT2D eigenvalue weighted by molar-refractivity contribution is 0.697. The number of aryl methyl sites for hydroxylation is 1. The van der Waals surface area contributed by atoms with Crippen molar-refractivity contribution in [3.8, 4) is 0 Å². The van der Waals surface area contributed by atoms with E-state index in [0.717, 1.165) is 18.8 Å². The van der Waals surface area contributed by atoms with Crippen LogP contribution in [-0.2, 0) is 13.1 Å². The van der Waals surface area contributed by atoms with Gasteiger partial charge < -0.3 is 10.2 Å². The molecular weight excluding hydrogens is 242 g/mol. The highest BCUT2D eigenvalue weighted by molar-refractivity contribution is 7.09. The van der Waals surface area contributed by atoms with Gasteiger partial charge in [0.15, 0.2) is 0 Å². The number of nitrogens with one attached hydrogen (secondary N) is 1. The second-order valence-corrected chi connectivity index (χ2v) is 5.46. The van der Waals surface area contributed by atoms with Crippen LogP contribution in [0.5, 0.6) is 0 Å². The highest BCUT2D eigenvalue weighted by Crippen LogP contribution is 2.13. The molecule has 0 spiro atoms. The van der Waals surface area contributed by atoms with Crippen molar-refractivity contribution in [2.45, 2.75) is 20.0 Å². The number of benzene rings is 1. The molecule has 1 aromatic heterocycles. The predicted octanol–water partition coefficient (Wildman–Crippen LogP) is 2.81. The van der Waals surface area contributed by atoms with Crippen LogP contribution in [0.4, 0.5) is 5.69 Å². The fourth-order valence-corrected chi connectivity index (χ4v) is 2.47. The van der Waals surface area contributed by atoms with E-state index in [-0.39, 0.29) is 0 Å². The Morgan fingerprint density at radius 3 is 2.44 bits per heavy atom. The van der Waals surface area contributed by atoms with Crippen LogP contribution in [0.3, 0.4) is 0 Å². The lowest BCUT2D eigenvalue weighted by Gasteiger charge is -2.12. The monoisotopic (exact) mass is 261 g/mol. The predicted molar refractivity (Wildman–Crippen MR) is 78.2 cm³/mol. The van der Waals surface area contributed by atoms with E-state index in [0.29, 0.717) is 0 Å². The summed E-state index contributed by atoms with van der Waals surface area (Å²) in [4.78, 5) is 7.67. The minimum Gasteiger partial charge on any atom is -0.378 e. The van der Waals surface area contributed by atoms with Crippen LogP contribution in [0.25, 0.3) is 0 Å². The van der Waals surface area contributed by atoms with Gasteiger partial charge in [-0.2, -0.15) is 0 Å². The zero-order valence-corrected chi connectivity index (χ0v) is 11.9. The summed E-state index contributed by atoms with van der Waals surface area (Å²) < 4.78 is 0. The standard InChI is InChI=1S/C14H19N3S/c1-11-14(18-10-16-11)9-15-8-12-4-6-13(7-5-12)17(2)3/h4-7,10,15H,8-9H2,1-3H3. The van der Waals surface area contributed by atoms with Crippen molar-refractivity contribution in [3.05, 3.63) is 45.9 Å². The first-order chi connectivity index (χ1) is 8.66. The summed E-state index contributed by atoms with van der Waals surface area (Å²) in [5, 5.41) is 3.45. The molecule has 2 aromatic rings. The van der Waals surface area contributed by atoms with E-state index in [9.17, 15) is 0 Å². The van der Waals surface area contributed by atoms with Crippen molar-refractivity contribution in [2.24, 2.45) is 0 Å². The van der Waals surface area contributed by atoms with Crippen LogP contribution in [0.2, 0.25) is 0 Å². The Bertz CT molecular complexity index is 488. The normalized spacial score (nSPS) is 10.6. The van der Waals surface area contributed by atoms with Gasteiger partial charge in [-0.3, -0.25) is 0 Å². The first-order valence-electron chi connectivity index (χ1n) is 6.03. The molecule has 4 heteroatoms. The van der Waals surface area contributed by atoms with Crippen molar-refractivity contribution in [3.63, 3.8) is 0 Å². The number of anilines is 1. The minimum atomic E-state index is 0.894. The zero-order chi connectivity index (χ0) is 13.0. The number of aromatic nitrogens is 1. The van der Waals surface area contributed by atoms with E-state index >= 15 is 0 Å². The first kappa shape index (κ1) is 13.1. The molecule has 1 heterocycles. The van der Waals surface area contributed by atoms with Gasteiger partial charge in [-0.1, -0.05) is 12.1 Å². The lowest BCUT2D eigenvalue weighted by atomic mass is 10.2. The van der Waals surface area contributed by atoms with Crippen LogP contribution in [0, 0.1) is 6.92 Å². The molecule has 1 N–H and O–H groups in total. The maximum absolute atomic E-state index is 4.25. The van der Waals surface area contributed by atoms with Crippen molar-refractivity contribution in [2.75, 3.05) is 19.0 Å². The van der Waals surface area contributed by atoms with E-state index in [1.165, 1.54) is 16.1 Å². The van der Waals surface area contributed by atoms with Crippen molar-refractivity contribution >= 4 is 17.0 Å². The van der Waals surface area contributed by atoms with Crippen molar-refractivity contribution < 1.29 is 0 Å². The van der Waals surface area contributed by atoms with Crippen LogP contribution in [0.1, 0.15) is 16.1 Å². The van der Waals surface area contributed by atoms with E-state index in [1.54, 1.807) is 11.3 Å². The lowest BCUT2D eigenvalue weighted by Crippen LogP contribution is -2.13. The highest BCUT2D eigenvalue weighted by atomic mass is 32.1. The molecule has 0 atom stereocenters. The molecular formula is C14H19N3S. The average Bonchev–Trinajstić information content (AvgIpc) is 2.76. The zero-order valence-electron chi connectivity index (χ0n) is 11.1. The Kier molecular flexibility index (Phi) is 4.33. The van der Waals surface area contributed by atoms with Gasteiger partial charge >= 0.3 is 0 Å². The summed E-state index contributed by atoms with van der Waals surface area (Å²) in [6.45, 7) is 3.84. The van der Waals surface area contributed by atoms with E-state index in [1.807, 2.05) is 5.51 Å². The van der Waals surface area contributed by atoms with Crippen molar-refractivity contribution in [1.29, 1.82) is 0 Å². The number of nitrogens with zero attached hydrogens (tertiary/aromatic N) is 2. The summed E-state index contributed by atoms with van der Waals surface area (Å²) in [6.07, 6.45) is 0. The summed E-state index contributed by atoms with van der Waals surface area (Å²) in [7, 11) is 4.11. The third-order valence-electron chi connectivity index (χ3n) is 2.91. The van der Waals surface area contributed by atoms with Crippen molar-refractivity contribution in [1.82, 2.24) is 10.3 Å². The molecule has 18 heavy (non-hydrogen) atoms. The molecule has 0 amide bonds. The molecule has 0 saturated carbocycles. The van der Waals surface area contributed by atoms with Crippen LogP contribution in [-0.4, -0.2) is 19.1 Å². The quantitative estimate of drug-likeness (QED) is 0.897. The molecule has 0 aliphatic heterocycles. The van der Waals surface area contributed by atoms with E-state index in [4.69, 9.17) is 0 Å². The summed E-state index contributed by atoms with van der Waals surface area (Å²) in [6, 6.07) is 8.63. The fourth-order valence-electron chi connectivity index (χ4n) is 1.73. The van der Waals surface area contributed by atoms with Crippen LogP contribution in [0.15, 0.2) is 29.8 Å². The molecule has 1 aromatic carbocycles. The summed E-state index contributed by atoms with van der Waals surface area (Å²) >= 11 is 1.71. The summed E-state index contributed by atoms with van der Waals surface area (Å²) in [5.41, 5.74) is 5.58. The van der Waals surface area contributed by atoms with E-state index < -0.39 is 0 Å². The van der Waals surface area contributed by atoms with Crippen LogP contribution >= 0.6 is 11.3 Å². The molecule has 0 radical (unpaired) electrons. The molecule has 0 bridgehead atoms. The Balaban J connectivity index is 1.85. The Morgan fingerprint density at radius 2 is 1.89 bits per heavy atom. The maximum atomic E-state index is 4.25. The number of hydrogen-bond acceptors (Lipinski definition) is 4. The van der Waals surface area contributed by atoms with Gasteiger partial charge in [-0.15, -0.1) is 11.3 Å². The molecule has 0 aliphatic rings. The minimum absolute atomic E-state index is 0.894. The number of thiazole rings is 1. The number of rotatable bonds is 5. The van der Waals surface area contributed by atoms with Crippen LogP contribution < -0.4 is 10.2 Å². The second kappa shape index (κ2) is 5.98. The van der Waals surface area contributed by atoms with Gasteiger partial charge in [0.05, 0.1) is 11.2 Å². The van der Waals surface area contributed by atoms with Gasteiger partial charge in [0.1, 0.15) is 0 Å². The summed E-state index contributed by atoms with van der Waals surface area (Å²) in [5.74, 6) is 0. The molecule has 0 saturated heterocycles. The third-order valence-corrected chi connectivity index (χ3v) is 3.85. The van der Waals surface area contributed by atoms with E-state index in [2.05, 4.69) is 60.5 Å². The van der Waals surface area contributed by atoms with Gasteiger partial charge in [-0.05, 0) is 24.6 Å². The Hall–Kier alpha value is -1.39. The molecule has 2 rings (SSSR count). The Morgan fingerprint density at radius 1 is 1.17 bits per heavy atom. The van der Waals surface area contributed by atoms with Gasteiger partial charge in [0.2, 0.25) is 0 Å². The first-order valence-corrected chi connectivity index (χ1v) is 6.90. The maximum Gasteiger partial charge on any atom is 0.0798 e. The van der Waals surface area contributed by atoms with Gasteiger partial charge in [0.25, 0.3) is 0 Å². The highest BCUT2D eigenvalue weighted by Gasteiger charge is 2.01. The molecule has 0 fully saturated rings. The molecule has 0 aliphatic carbocycles. The number of hydrogen-bond donors (Lipinski definition) is 1. The smallest absolute Gasteiger partial charge is 0.0798 e. The SMILES string of the molecule is Cc1ncsc1CNCc1ccc(N(C)C)cc1. The third kappa shape index (κ3) is 3.31. The average molecular weight is 261 g/mol. The Labute approximate surface area is 112 Å². The topological polar surface area (TPSA) is 28.2 Å². The van der Waals surface area contributed by atoms with Gasteiger partial charge in [-0.25, -0.2) is 4.98 Å². The molecule has 96 valence electrons. The molecule has 0 unspecified atom stereocenters. The fraction of sp³-hybridized carbons (Fsp3) is 0.357. The second-order valence-electron chi connectivity index (χ2n) is 4.53. The van der Waals surface area contributed by atoms with Gasteiger partial charge in [0, 0.05) is 37.7 Å².